The van der Waals surface area contributed by atoms with Gasteiger partial charge in [-0.25, -0.2) is 0 Å². The number of carbonyl (C=O) groups excluding carboxylic acids is 5. The number of aryl methyl sites for hydroxylation is 1. The Morgan fingerprint density at radius 3 is 1.66 bits per heavy atom. The van der Waals surface area contributed by atoms with Crippen molar-refractivity contribution < 1.29 is 37.9 Å². The van der Waals surface area contributed by atoms with E-state index in [-0.39, 0.29) is 42.9 Å². The largest absolute Gasteiger partial charge is 0.370 e. The lowest BCUT2D eigenvalue weighted by atomic mass is 9.93. The summed E-state index contributed by atoms with van der Waals surface area (Å²) in [6.07, 6.45) is 1.71. The lowest BCUT2D eigenvalue weighted by Gasteiger charge is -2.41. The molecule has 2 aliphatic heterocycles. The molecule has 2 heterocycles. The third kappa shape index (κ3) is 14.1. The number of rotatable bonds is 22. The molecule has 5 rings (SSSR count). The molecule has 5 atom stereocenters. The monoisotopic (exact) mass is 810 g/mol. The highest BCUT2D eigenvalue weighted by molar-refractivity contribution is 5.98. The molecule has 3 aromatic carbocycles. The number of hydrogen-bond acceptors (Lipinski definition) is 7. The standard InChI is InChI=1S/C47H63N5O7/c1-33(2)27-39(43(54)47(5)32-59-47)49-46(57)41(29-36-17-11-7-12-18-36)51-45(56)40(28-34(3)4)50-44(55)38(22-21-35-15-9-6-10-16-35)48-42(53)31-52(23-25-58-26-24-52)30-37-19-13-8-14-20-37/h6-20,33-34,38-41H,21-32H2,1-5H3,(H3-,48,49,50,51,53,55,56,57)/p+1/t38-,39-,40-,41-,47+/m0/s1. The van der Waals surface area contributed by atoms with Gasteiger partial charge in [-0.3, -0.25) is 24.0 Å². The molecule has 2 aliphatic rings. The molecule has 0 saturated carbocycles. The molecule has 2 fully saturated rings. The van der Waals surface area contributed by atoms with Crippen LogP contribution >= 0.6 is 0 Å². The van der Waals surface area contributed by atoms with Crippen LogP contribution < -0.4 is 21.3 Å². The fourth-order valence-electron chi connectivity index (χ4n) is 7.74. The van der Waals surface area contributed by atoms with Crippen molar-refractivity contribution in [2.75, 3.05) is 39.5 Å². The molecule has 0 spiro atoms. The van der Waals surface area contributed by atoms with Crippen molar-refractivity contribution in [3.8, 4) is 0 Å². The van der Waals surface area contributed by atoms with Gasteiger partial charge in [-0.15, -0.1) is 0 Å². The maximum Gasteiger partial charge on any atom is 0.275 e. The molecular weight excluding hydrogens is 747 g/mol. The Kier molecular flexibility index (Phi) is 16.4. The second-order valence-electron chi connectivity index (χ2n) is 17.4. The first-order chi connectivity index (χ1) is 28.2. The summed E-state index contributed by atoms with van der Waals surface area (Å²) >= 11 is 0. The molecular formula is C47H64N5O7+. The van der Waals surface area contributed by atoms with Crippen molar-refractivity contribution in [1.29, 1.82) is 0 Å². The number of benzene rings is 3. The van der Waals surface area contributed by atoms with Crippen molar-refractivity contribution in [1.82, 2.24) is 21.3 Å². The fraction of sp³-hybridized carbons (Fsp3) is 0.511. The van der Waals surface area contributed by atoms with E-state index in [1.54, 1.807) is 6.92 Å². The molecule has 4 N–H and O–H groups in total. The van der Waals surface area contributed by atoms with Crippen molar-refractivity contribution in [2.24, 2.45) is 11.8 Å². The maximum atomic E-state index is 14.3. The van der Waals surface area contributed by atoms with E-state index in [1.165, 1.54) is 0 Å². The van der Waals surface area contributed by atoms with Crippen LogP contribution in [0.2, 0.25) is 0 Å². The zero-order valence-electron chi connectivity index (χ0n) is 35.4. The molecule has 12 heteroatoms. The summed E-state index contributed by atoms with van der Waals surface area (Å²) in [6, 6.07) is 25.4. The van der Waals surface area contributed by atoms with Crippen LogP contribution in [-0.2, 0) is 52.8 Å². The van der Waals surface area contributed by atoms with Crippen LogP contribution in [0.4, 0.5) is 0 Å². The summed E-state index contributed by atoms with van der Waals surface area (Å²) in [5.74, 6) is -1.84. The Morgan fingerprint density at radius 2 is 1.10 bits per heavy atom. The number of quaternary nitrogens is 1. The molecule has 0 unspecified atom stereocenters. The van der Waals surface area contributed by atoms with E-state index in [0.717, 1.165) is 16.7 Å². The summed E-state index contributed by atoms with van der Waals surface area (Å²) < 4.78 is 11.6. The van der Waals surface area contributed by atoms with Crippen LogP contribution in [0.3, 0.4) is 0 Å². The van der Waals surface area contributed by atoms with Gasteiger partial charge in [0.2, 0.25) is 17.7 Å². The first-order valence-corrected chi connectivity index (χ1v) is 21.2. The van der Waals surface area contributed by atoms with Gasteiger partial charge in [-0.1, -0.05) is 119 Å². The van der Waals surface area contributed by atoms with E-state index >= 15 is 0 Å². The lowest BCUT2D eigenvalue weighted by Crippen LogP contribution is -2.61. The van der Waals surface area contributed by atoms with Crippen LogP contribution in [0.25, 0.3) is 0 Å². The number of hydrogen-bond donors (Lipinski definition) is 4. The highest BCUT2D eigenvalue weighted by Crippen LogP contribution is 2.30. The number of morpholine rings is 1. The summed E-state index contributed by atoms with van der Waals surface area (Å²) in [5, 5.41) is 11.9. The number of nitrogens with one attached hydrogen (secondary N) is 4. The topological polar surface area (TPSA) is 155 Å². The minimum absolute atomic E-state index is 0.000745. The van der Waals surface area contributed by atoms with Gasteiger partial charge in [0.25, 0.3) is 5.91 Å². The first-order valence-electron chi connectivity index (χ1n) is 21.2. The zero-order valence-corrected chi connectivity index (χ0v) is 35.4. The Balaban J connectivity index is 1.34. The number of amides is 4. The lowest BCUT2D eigenvalue weighted by molar-refractivity contribution is -0.940. The molecule has 0 bridgehead atoms. The number of epoxide rings is 1. The quantitative estimate of drug-likeness (QED) is 0.0872. The van der Waals surface area contributed by atoms with E-state index in [2.05, 4.69) is 33.4 Å². The maximum absolute atomic E-state index is 14.3. The second kappa shape index (κ2) is 21.4. The van der Waals surface area contributed by atoms with Crippen LogP contribution in [0, 0.1) is 11.8 Å². The Hall–Kier alpha value is -4.91. The van der Waals surface area contributed by atoms with Gasteiger partial charge >= 0.3 is 0 Å². The summed E-state index contributed by atoms with van der Waals surface area (Å²) in [5.41, 5.74) is 2.02. The number of ketones is 1. The first kappa shape index (κ1) is 45.2. The van der Waals surface area contributed by atoms with Crippen molar-refractivity contribution in [3.05, 3.63) is 108 Å². The average Bonchev–Trinajstić information content (AvgIpc) is 3.97. The minimum atomic E-state index is -1.04. The van der Waals surface area contributed by atoms with Crippen molar-refractivity contribution in [3.63, 3.8) is 0 Å². The molecule has 2 saturated heterocycles. The summed E-state index contributed by atoms with van der Waals surface area (Å²) in [4.78, 5) is 70.1. The van der Waals surface area contributed by atoms with E-state index < -0.39 is 47.5 Å². The number of ether oxygens (including phenoxy) is 2. The van der Waals surface area contributed by atoms with Gasteiger partial charge in [0.1, 0.15) is 43.4 Å². The van der Waals surface area contributed by atoms with Crippen LogP contribution in [0.1, 0.15) is 70.6 Å². The average molecular weight is 811 g/mol. The van der Waals surface area contributed by atoms with Crippen molar-refractivity contribution in [2.45, 2.75) is 103 Å². The Bertz CT molecular complexity index is 1830. The Morgan fingerprint density at radius 1 is 0.627 bits per heavy atom. The number of nitrogens with zero attached hydrogens (tertiary/aromatic N) is 1. The molecule has 0 aromatic heterocycles. The Labute approximate surface area is 349 Å². The molecule has 0 aliphatic carbocycles. The molecule has 318 valence electrons. The molecule has 3 aromatic rings. The van der Waals surface area contributed by atoms with Gasteiger partial charge in [0.05, 0.1) is 25.9 Å². The minimum Gasteiger partial charge on any atom is -0.370 e. The van der Waals surface area contributed by atoms with Crippen LogP contribution in [0.15, 0.2) is 91.0 Å². The van der Waals surface area contributed by atoms with Gasteiger partial charge in [0, 0.05) is 12.0 Å². The molecule has 4 amide bonds. The van der Waals surface area contributed by atoms with E-state index in [4.69, 9.17) is 9.47 Å². The normalized spacial score (nSPS) is 19.2. The van der Waals surface area contributed by atoms with Gasteiger partial charge in [-0.05, 0) is 55.6 Å². The highest BCUT2D eigenvalue weighted by atomic mass is 16.6. The molecule has 59 heavy (non-hydrogen) atoms. The van der Waals surface area contributed by atoms with Crippen LogP contribution in [0.5, 0.6) is 0 Å². The fourth-order valence-corrected chi connectivity index (χ4v) is 7.74. The number of Topliss-reactive ketones (excluding diaryl/α,β-unsaturated/α-hetero) is 1. The predicted molar refractivity (Wildman–Crippen MR) is 227 cm³/mol. The SMILES string of the molecule is CC(C)C[C@H](NC(=O)[C@H](CCc1ccccc1)NC(=O)C[N+]1(Cc2ccccc2)CCOCC1)C(=O)N[C@@H](Cc1ccccc1)C(=O)N[C@@H](CC(C)C)C(=O)[C@@]1(C)CO1. The van der Waals surface area contributed by atoms with Gasteiger partial charge in [0.15, 0.2) is 12.3 Å². The zero-order chi connectivity index (χ0) is 42.4. The third-order valence-electron chi connectivity index (χ3n) is 11.2. The summed E-state index contributed by atoms with van der Waals surface area (Å²) in [7, 11) is 0. The smallest absolute Gasteiger partial charge is 0.275 e. The van der Waals surface area contributed by atoms with E-state index in [9.17, 15) is 24.0 Å². The van der Waals surface area contributed by atoms with E-state index in [1.807, 2.05) is 107 Å². The van der Waals surface area contributed by atoms with Crippen molar-refractivity contribution >= 4 is 29.4 Å². The van der Waals surface area contributed by atoms with Crippen LogP contribution in [-0.4, -0.2) is 103 Å². The predicted octanol–water partition coefficient (Wildman–Crippen LogP) is 4.30. The number of carbonyl (C=O) groups is 5. The van der Waals surface area contributed by atoms with Gasteiger partial charge < -0.3 is 35.2 Å². The summed E-state index contributed by atoms with van der Waals surface area (Å²) in [6.45, 7) is 13.1. The van der Waals surface area contributed by atoms with Gasteiger partial charge in [-0.2, -0.15) is 0 Å². The second-order valence-corrected chi connectivity index (χ2v) is 17.4. The van der Waals surface area contributed by atoms with E-state index in [0.29, 0.717) is 63.2 Å². The molecule has 12 nitrogen and oxygen atoms in total. The highest BCUT2D eigenvalue weighted by Gasteiger charge is 2.50. The molecule has 0 radical (unpaired) electrons. The third-order valence-corrected chi connectivity index (χ3v) is 11.2.